The molecule has 1 saturated heterocycles. The van der Waals surface area contributed by atoms with Gasteiger partial charge in [0.25, 0.3) is 5.91 Å². The third-order valence-electron chi connectivity index (χ3n) is 4.19. The van der Waals surface area contributed by atoms with Gasteiger partial charge in [-0.2, -0.15) is 13.2 Å². The molecular formula is C16H19F3N2O2. The zero-order valence-corrected chi connectivity index (χ0v) is 12.8. The van der Waals surface area contributed by atoms with Crippen LogP contribution in [0.3, 0.4) is 0 Å². The van der Waals surface area contributed by atoms with Crippen LogP contribution in [0.2, 0.25) is 0 Å². The number of nitrogens with two attached hydrogens (primary N) is 1. The Morgan fingerprint density at radius 3 is 2.48 bits per heavy atom. The Bertz CT molecular complexity index is 601. The second kappa shape index (κ2) is 6.60. The molecule has 1 fully saturated rings. The molecule has 0 bridgehead atoms. The first kappa shape index (κ1) is 17.3. The van der Waals surface area contributed by atoms with Gasteiger partial charge in [-0.25, -0.2) is 0 Å². The van der Waals surface area contributed by atoms with Crippen molar-refractivity contribution in [2.24, 2.45) is 17.6 Å². The number of benzene rings is 1. The third-order valence-corrected chi connectivity index (χ3v) is 4.19. The summed E-state index contributed by atoms with van der Waals surface area (Å²) in [7, 11) is 0. The number of aryl methyl sites for hydroxylation is 1. The highest BCUT2D eigenvalue weighted by Crippen LogP contribution is 2.27. The number of likely N-dealkylation sites (tertiary alicyclic amines) is 1. The second-order valence-corrected chi connectivity index (χ2v) is 5.97. The van der Waals surface area contributed by atoms with Crippen LogP contribution in [0.15, 0.2) is 24.3 Å². The summed E-state index contributed by atoms with van der Waals surface area (Å²) in [4.78, 5) is 25.4. The zero-order chi connectivity index (χ0) is 17.2. The number of carbonyl (C=O) groups is 2. The van der Waals surface area contributed by atoms with E-state index in [0.717, 1.165) is 0 Å². The molecule has 1 aromatic rings. The van der Waals surface area contributed by atoms with Gasteiger partial charge in [0.2, 0.25) is 5.91 Å². The number of amides is 2. The molecule has 2 amide bonds. The van der Waals surface area contributed by atoms with Gasteiger partial charge >= 0.3 is 6.18 Å². The average Bonchev–Trinajstić information content (AvgIpc) is 2.86. The maximum Gasteiger partial charge on any atom is 0.389 e. The van der Waals surface area contributed by atoms with Crippen molar-refractivity contribution in [3.8, 4) is 0 Å². The third kappa shape index (κ3) is 4.24. The van der Waals surface area contributed by atoms with Crippen molar-refractivity contribution >= 4 is 11.8 Å². The van der Waals surface area contributed by atoms with Crippen molar-refractivity contribution in [1.29, 1.82) is 0 Å². The van der Waals surface area contributed by atoms with Gasteiger partial charge in [0, 0.05) is 25.1 Å². The summed E-state index contributed by atoms with van der Waals surface area (Å²) in [6, 6.07) is 6.29. The van der Waals surface area contributed by atoms with Crippen molar-refractivity contribution < 1.29 is 22.8 Å². The molecule has 0 saturated carbocycles. The Morgan fingerprint density at radius 1 is 1.26 bits per heavy atom. The molecule has 1 aliphatic rings. The van der Waals surface area contributed by atoms with Crippen molar-refractivity contribution in [3.63, 3.8) is 0 Å². The molecule has 1 aliphatic heterocycles. The predicted octanol–water partition coefficient (Wildman–Crippen LogP) is 2.37. The van der Waals surface area contributed by atoms with Gasteiger partial charge in [0.05, 0.1) is 5.92 Å². The van der Waals surface area contributed by atoms with E-state index in [1.165, 1.54) is 17.0 Å². The van der Waals surface area contributed by atoms with E-state index in [4.69, 9.17) is 5.73 Å². The minimum absolute atomic E-state index is 0.0567. The molecule has 0 unspecified atom stereocenters. The minimum Gasteiger partial charge on any atom is -0.369 e. The average molecular weight is 328 g/mol. The maximum atomic E-state index is 12.6. The normalized spacial score (nSPS) is 21.5. The summed E-state index contributed by atoms with van der Waals surface area (Å²) in [6.45, 7) is 2.42. The lowest BCUT2D eigenvalue weighted by atomic mass is 9.98. The van der Waals surface area contributed by atoms with Crippen LogP contribution in [0.1, 0.15) is 29.3 Å². The van der Waals surface area contributed by atoms with E-state index in [2.05, 4.69) is 0 Å². The summed E-state index contributed by atoms with van der Waals surface area (Å²) in [5.41, 5.74) is 5.94. The van der Waals surface area contributed by atoms with Gasteiger partial charge in [0.1, 0.15) is 0 Å². The van der Waals surface area contributed by atoms with Crippen LogP contribution in [-0.2, 0) is 11.2 Å². The van der Waals surface area contributed by atoms with E-state index in [9.17, 15) is 22.8 Å². The molecule has 0 aliphatic carbocycles. The lowest BCUT2D eigenvalue weighted by Crippen LogP contribution is -2.32. The molecule has 0 spiro atoms. The van der Waals surface area contributed by atoms with Crippen LogP contribution in [0.4, 0.5) is 13.2 Å². The largest absolute Gasteiger partial charge is 0.389 e. The monoisotopic (exact) mass is 328 g/mol. The molecule has 2 rings (SSSR count). The van der Waals surface area contributed by atoms with Crippen LogP contribution >= 0.6 is 0 Å². The Hall–Kier alpha value is -2.05. The number of rotatable bonds is 4. The van der Waals surface area contributed by atoms with E-state index in [1.807, 2.05) is 6.92 Å². The first-order valence-electron chi connectivity index (χ1n) is 7.42. The van der Waals surface area contributed by atoms with E-state index in [-0.39, 0.29) is 30.4 Å². The van der Waals surface area contributed by atoms with Crippen LogP contribution in [0.25, 0.3) is 0 Å². The van der Waals surface area contributed by atoms with Crippen LogP contribution in [0.5, 0.6) is 0 Å². The standard InChI is InChI=1S/C16H19F3N2O2/c1-10-8-21(9-13(10)14(20)22)15(23)12-5-3-2-4-11(12)6-7-16(17,18)19/h2-5,10,13H,6-9H2,1H3,(H2,20,22)/t10-,13-/m1/s1. The molecule has 1 aromatic carbocycles. The zero-order valence-electron chi connectivity index (χ0n) is 12.8. The van der Waals surface area contributed by atoms with Crippen molar-refractivity contribution in [2.75, 3.05) is 13.1 Å². The molecule has 126 valence electrons. The van der Waals surface area contributed by atoms with Gasteiger partial charge in [-0.3, -0.25) is 9.59 Å². The van der Waals surface area contributed by atoms with E-state index in [1.54, 1.807) is 12.1 Å². The first-order chi connectivity index (χ1) is 10.7. The van der Waals surface area contributed by atoms with E-state index in [0.29, 0.717) is 12.1 Å². The van der Waals surface area contributed by atoms with Gasteiger partial charge in [-0.15, -0.1) is 0 Å². The maximum absolute atomic E-state index is 12.6. The molecule has 23 heavy (non-hydrogen) atoms. The molecule has 2 atom stereocenters. The summed E-state index contributed by atoms with van der Waals surface area (Å²) in [5.74, 6) is -1.28. The van der Waals surface area contributed by atoms with Crippen LogP contribution < -0.4 is 5.73 Å². The Kier molecular flexibility index (Phi) is 4.97. The number of primary amides is 1. The van der Waals surface area contributed by atoms with Crippen LogP contribution in [0, 0.1) is 11.8 Å². The highest BCUT2D eigenvalue weighted by molar-refractivity contribution is 5.96. The smallest absolute Gasteiger partial charge is 0.369 e. The molecule has 4 nitrogen and oxygen atoms in total. The van der Waals surface area contributed by atoms with Gasteiger partial charge in [0.15, 0.2) is 0 Å². The fraction of sp³-hybridized carbons (Fsp3) is 0.500. The number of halogens is 3. The number of nitrogens with zero attached hydrogens (tertiary/aromatic N) is 1. The lowest BCUT2D eigenvalue weighted by molar-refractivity contribution is -0.134. The lowest BCUT2D eigenvalue weighted by Gasteiger charge is -2.18. The number of hydrogen-bond acceptors (Lipinski definition) is 2. The quantitative estimate of drug-likeness (QED) is 0.922. The van der Waals surface area contributed by atoms with Crippen LogP contribution in [-0.4, -0.2) is 36.0 Å². The van der Waals surface area contributed by atoms with E-state index >= 15 is 0 Å². The highest BCUT2D eigenvalue weighted by atomic mass is 19.4. The Labute approximate surface area is 132 Å². The number of hydrogen-bond donors (Lipinski definition) is 1. The van der Waals surface area contributed by atoms with Crippen molar-refractivity contribution in [3.05, 3.63) is 35.4 Å². The summed E-state index contributed by atoms with van der Waals surface area (Å²) in [6.07, 6.45) is -5.49. The minimum atomic E-state index is -4.27. The fourth-order valence-electron chi connectivity index (χ4n) is 2.90. The fourth-order valence-corrected chi connectivity index (χ4v) is 2.90. The molecular weight excluding hydrogens is 309 g/mol. The molecule has 0 aromatic heterocycles. The van der Waals surface area contributed by atoms with Crippen molar-refractivity contribution in [1.82, 2.24) is 4.90 Å². The molecule has 7 heteroatoms. The number of carbonyl (C=O) groups excluding carboxylic acids is 2. The van der Waals surface area contributed by atoms with Gasteiger partial charge in [-0.05, 0) is 24.0 Å². The van der Waals surface area contributed by atoms with Gasteiger partial charge in [-0.1, -0.05) is 25.1 Å². The summed E-state index contributed by atoms with van der Waals surface area (Å²) >= 11 is 0. The predicted molar refractivity (Wildman–Crippen MR) is 78.6 cm³/mol. The molecule has 0 radical (unpaired) electrons. The Balaban J connectivity index is 2.15. The SMILES string of the molecule is C[C@@H]1CN(C(=O)c2ccccc2CCC(F)(F)F)C[C@H]1C(N)=O. The molecule has 1 heterocycles. The summed E-state index contributed by atoms with van der Waals surface area (Å²) in [5, 5.41) is 0. The second-order valence-electron chi connectivity index (χ2n) is 5.97. The van der Waals surface area contributed by atoms with Crippen molar-refractivity contribution in [2.45, 2.75) is 25.9 Å². The van der Waals surface area contributed by atoms with Gasteiger partial charge < -0.3 is 10.6 Å². The Morgan fingerprint density at radius 2 is 1.91 bits per heavy atom. The topological polar surface area (TPSA) is 63.4 Å². The summed E-state index contributed by atoms with van der Waals surface area (Å²) < 4.78 is 37.3. The number of alkyl halides is 3. The molecule has 2 N–H and O–H groups in total. The first-order valence-corrected chi connectivity index (χ1v) is 7.42. The van der Waals surface area contributed by atoms with E-state index < -0.39 is 24.4 Å². The highest BCUT2D eigenvalue weighted by Gasteiger charge is 2.36.